The van der Waals surface area contributed by atoms with Gasteiger partial charge in [0, 0.05) is 12.0 Å². The van der Waals surface area contributed by atoms with Crippen LogP contribution < -0.4 is 9.47 Å². The Labute approximate surface area is 143 Å². The van der Waals surface area contributed by atoms with Crippen molar-refractivity contribution < 1.29 is 33.7 Å². The Morgan fingerprint density at radius 2 is 2.16 bits per heavy atom. The van der Waals surface area contributed by atoms with Gasteiger partial charge in [0.15, 0.2) is 23.1 Å². The minimum absolute atomic E-state index is 0.0882. The molecule has 1 heterocycles. The van der Waals surface area contributed by atoms with Gasteiger partial charge in [0.05, 0.1) is 20.3 Å². The highest BCUT2D eigenvalue weighted by Crippen LogP contribution is 2.34. The summed E-state index contributed by atoms with van der Waals surface area (Å²) in [7, 11) is 1.46. The van der Waals surface area contributed by atoms with Crippen LogP contribution in [-0.4, -0.2) is 43.1 Å². The number of ether oxygens (including phenoxy) is 3. The summed E-state index contributed by atoms with van der Waals surface area (Å²) < 4.78 is 16.1. The first kappa shape index (κ1) is 18.7. The smallest absolute Gasteiger partial charge is 0.294 e. The van der Waals surface area contributed by atoms with Crippen molar-refractivity contribution in [2.45, 2.75) is 32.5 Å². The van der Waals surface area contributed by atoms with Crippen LogP contribution in [0.15, 0.2) is 12.1 Å². The van der Waals surface area contributed by atoms with Gasteiger partial charge < -0.3 is 19.0 Å². The van der Waals surface area contributed by atoms with Gasteiger partial charge in [0.2, 0.25) is 0 Å². The molecule has 0 saturated heterocycles. The van der Waals surface area contributed by atoms with E-state index < -0.39 is 11.2 Å². The molecular formula is C16H19NO8. The molecule has 1 aliphatic heterocycles. The van der Waals surface area contributed by atoms with Gasteiger partial charge in [0.1, 0.15) is 12.7 Å². The predicted octanol–water partition coefficient (Wildman–Crippen LogP) is 1.73. The van der Waals surface area contributed by atoms with E-state index in [-0.39, 0.29) is 37.6 Å². The van der Waals surface area contributed by atoms with E-state index in [1.807, 2.05) is 0 Å². The van der Waals surface area contributed by atoms with E-state index in [1.54, 1.807) is 19.1 Å². The molecule has 0 spiro atoms. The van der Waals surface area contributed by atoms with Gasteiger partial charge in [-0.25, -0.2) is 0 Å². The van der Waals surface area contributed by atoms with E-state index in [4.69, 9.17) is 14.2 Å². The van der Waals surface area contributed by atoms with E-state index in [2.05, 4.69) is 4.84 Å². The van der Waals surface area contributed by atoms with Gasteiger partial charge >= 0.3 is 0 Å². The van der Waals surface area contributed by atoms with Crippen LogP contribution in [0.25, 0.3) is 0 Å². The Balaban J connectivity index is 1.98. The molecule has 0 saturated carbocycles. The topological polar surface area (TPSA) is 114 Å². The lowest BCUT2D eigenvalue weighted by Crippen LogP contribution is -2.27. The summed E-state index contributed by atoms with van der Waals surface area (Å²) in [6, 6.07) is 3.21. The van der Waals surface area contributed by atoms with Gasteiger partial charge in [-0.1, -0.05) is 0 Å². The molecule has 0 aliphatic carbocycles. The minimum atomic E-state index is -0.902. The zero-order chi connectivity index (χ0) is 18.4. The zero-order valence-corrected chi connectivity index (χ0v) is 14.0. The van der Waals surface area contributed by atoms with E-state index in [9.17, 15) is 19.7 Å². The highest BCUT2D eigenvalue weighted by atomic mass is 16.9. The van der Waals surface area contributed by atoms with Crippen LogP contribution in [-0.2, 0) is 21.0 Å². The van der Waals surface area contributed by atoms with Crippen molar-refractivity contribution in [3.63, 3.8) is 0 Å². The summed E-state index contributed by atoms with van der Waals surface area (Å²) in [6.07, 6.45) is -0.222. The number of Topliss-reactive ketones (excluding diaryl/α,β-unsaturated/α-hetero) is 2. The summed E-state index contributed by atoms with van der Waals surface area (Å²) in [6.45, 7) is 1.60. The molecule has 0 N–H and O–H groups in total. The van der Waals surface area contributed by atoms with Crippen LogP contribution in [0, 0.1) is 10.1 Å². The molecule has 0 bridgehead atoms. The fourth-order valence-corrected chi connectivity index (χ4v) is 2.37. The second-order valence-electron chi connectivity index (χ2n) is 5.47. The third kappa shape index (κ3) is 4.90. The molecule has 0 fully saturated rings. The molecule has 0 aromatic heterocycles. The van der Waals surface area contributed by atoms with Crippen molar-refractivity contribution in [1.82, 2.24) is 0 Å². The Morgan fingerprint density at radius 3 is 2.84 bits per heavy atom. The number of rotatable bonds is 9. The lowest BCUT2D eigenvalue weighted by atomic mass is 9.97. The Hall–Kier alpha value is -2.68. The Morgan fingerprint density at radius 1 is 1.40 bits per heavy atom. The lowest BCUT2D eigenvalue weighted by molar-refractivity contribution is -0.757. The molecule has 0 amide bonds. The fraction of sp³-hybridized carbons (Fsp3) is 0.500. The maximum absolute atomic E-state index is 12.2. The van der Waals surface area contributed by atoms with Gasteiger partial charge in [0.25, 0.3) is 5.09 Å². The Kier molecular flexibility index (Phi) is 6.29. The zero-order valence-electron chi connectivity index (χ0n) is 14.0. The van der Waals surface area contributed by atoms with Gasteiger partial charge in [-0.3, -0.25) is 9.59 Å². The Bertz CT molecular complexity index is 672. The molecule has 1 atom stereocenters. The van der Waals surface area contributed by atoms with Crippen molar-refractivity contribution in [3.8, 4) is 11.5 Å². The average Bonchev–Trinajstić information content (AvgIpc) is 2.59. The van der Waals surface area contributed by atoms with Crippen molar-refractivity contribution >= 4 is 11.6 Å². The number of carbonyl (C=O) groups is 2. The highest BCUT2D eigenvalue weighted by Gasteiger charge is 2.27. The van der Waals surface area contributed by atoms with Gasteiger partial charge in [-0.2, -0.15) is 0 Å². The third-order valence-electron chi connectivity index (χ3n) is 3.70. The molecule has 136 valence electrons. The summed E-state index contributed by atoms with van der Waals surface area (Å²) in [4.78, 5) is 38.1. The number of hydrogen-bond acceptors (Lipinski definition) is 8. The molecule has 2 rings (SSSR count). The largest absolute Gasteiger partial charge is 0.493 e. The molecule has 25 heavy (non-hydrogen) atoms. The summed E-state index contributed by atoms with van der Waals surface area (Å²) in [5.74, 6) is 0.291. The van der Waals surface area contributed by atoms with E-state index in [0.717, 1.165) is 0 Å². The molecule has 9 nitrogen and oxygen atoms in total. The van der Waals surface area contributed by atoms with Crippen LogP contribution in [0.5, 0.6) is 11.5 Å². The molecule has 1 aromatic carbocycles. The first-order valence-corrected chi connectivity index (χ1v) is 7.71. The van der Waals surface area contributed by atoms with Crippen LogP contribution >= 0.6 is 0 Å². The minimum Gasteiger partial charge on any atom is -0.493 e. The van der Waals surface area contributed by atoms with E-state index in [1.165, 1.54) is 7.11 Å². The quantitative estimate of drug-likeness (QED) is 0.374. The lowest BCUT2D eigenvalue weighted by Gasteiger charge is -2.23. The molecule has 1 aliphatic rings. The van der Waals surface area contributed by atoms with Gasteiger partial charge in [-0.15, -0.1) is 10.1 Å². The van der Waals surface area contributed by atoms with Crippen molar-refractivity contribution in [3.05, 3.63) is 33.4 Å². The van der Waals surface area contributed by atoms with Crippen LogP contribution in [0.4, 0.5) is 0 Å². The number of benzene rings is 1. The second-order valence-corrected chi connectivity index (χ2v) is 5.47. The first-order valence-electron chi connectivity index (χ1n) is 7.71. The molecular weight excluding hydrogens is 334 g/mol. The third-order valence-corrected chi connectivity index (χ3v) is 3.70. The molecule has 9 heteroatoms. The number of hydrogen-bond donors (Lipinski definition) is 0. The van der Waals surface area contributed by atoms with Crippen molar-refractivity contribution in [1.29, 1.82) is 0 Å². The second kappa shape index (κ2) is 8.43. The number of nitrogens with zero attached hydrogens (tertiary/aromatic N) is 1. The number of methoxy groups -OCH3 is 1. The maximum Gasteiger partial charge on any atom is 0.294 e. The van der Waals surface area contributed by atoms with E-state index >= 15 is 0 Å². The first-order chi connectivity index (χ1) is 11.9. The standard InChI is InChI=1S/C16H19NO8/c1-10-16(19)13-7-15(14(22-2)6-11(13)8-23-10)24-9-12(18)4-3-5-25-17(20)21/h6-7,10H,3-5,8-9H2,1-2H3. The van der Waals surface area contributed by atoms with Gasteiger partial charge in [-0.05, 0) is 31.0 Å². The highest BCUT2D eigenvalue weighted by molar-refractivity contribution is 6.01. The number of ketones is 2. The summed E-state index contributed by atoms with van der Waals surface area (Å²) in [5, 5.41) is 9.11. The number of fused-ring (bicyclic) bond motifs is 1. The fourth-order valence-electron chi connectivity index (χ4n) is 2.37. The average molecular weight is 353 g/mol. The predicted molar refractivity (Wildman–Crippen MR) is 84.3 cm³/mol. The van der Waals surface area contributed by atoms with E-state index in [0.29, 0.717) is 29.2 Å². The van der Waals surface area contributed by atoms with Crippen LogP contribution in [0.3, 0.4) is 0 Å². The SMILES string of the molecule is COc1cc2c(cc1OCC(=O)CCCO[N+](=O)[O-])C(=O)C(C)OC2. The van der Waals surface area contributed by atoms with Crippen LogP contribution in [0.1, 0.15) is 35.7 Å². The molecule has 0 radical (unpaired) electrons. The normalized spacial score (nSPS) is 16.1. The monoisotopic (exact) mass is 353 g/mol. The molecule has 1 unspecified atom stereocenters. The van der Waals surface area contributed by atoms with Crippen LogP contribution in [0.2, 0.25) is 0 Å². The summed E-state index contributed by atoms with van der Waals surface area (Å²) >= 11 is 0. The van der Waals surface area contributed by atoms with Crippen molar-refractivity contribution in [2.24, 2.45) is 0 Å². The maximum atomic E-state index is 12.2. The number of carbonyl (C=O) groups excluding carboxylic acids is 2. The molecule has 1 aromatic rings. The summed E-state index contributed by atoms with van der Waals surface area (Å²) in [5.41, 5.74) is 1.19. The van der Waals surface area contributed by atoms with Crippen molar-refractivity contribution in [2.75, 3.05) is 20.3 Å².